The van der Waals surface area contributed by atoms with E-state index in [1.807, 2.05) is 17.5 Å². The number of hydrogen-bond acceptors (Lipinski definition) is 7. The number of aromatic nitrogens is 2. The number of anilines is 1. The van der Waals surface area contributed by atoms with Crippen LogP contribution in [0.15, 0.2) is 21.9 Å². The molecule has 0 aromatic carbocycles. The average Bonchev–Trinajstić information content (AvgIpc) is 3.14. The zero-order valence-corrected chi connectivity index (χ0v) is 13.7. The van der Waals surface area contributed by atoms with E-state index in [0.29, 0.717) is 22.4 Å². The molecule has 2 aromatic heterocycles. The highest BCUT2D eigenvalue weighted by Gasteiger charge is 2.09. The Morgan fingerprint density at radius 3 is 2.90 bits per heavy atom. The predicted molar refractivity (Wildman–Crippen MR) is 85.7 cm³/mol. The number of rotatable bonds is 7. The highest BCUT2D eigenvalue weighted by atomic mass is 32.2. The Hall–Kier alpha value is -1.45. The maximum Gasteiger partial charge on any atom is 0.230 e. The smallest absolute Gasteiger partial charge is 0.230 e. The lowest BCUT2D eigenvalue weighted by Gasteiger charge is -2.01. The summed E-state index contributed by atoms with van der Waals surface area (Å²) in [6, 6.07) is 3.93. The summed E-state index contributed by atoms with van der Waals surface area (Å²) < 4.78 is 0.660. The number of nitrogens with zero attached hydrogens (tertiary/aromatic N) is 2. The minimum absolute atomic E-state index is 0.0530. The molecule has 0 unspecified atom stereocenters. The van der Waals surface area contributed by atoms with Crippen LogP contribution in [0.1, 0.15) is 18.2 Å². The molecule has 2 heterocycles. The van der Waals surface area contributed by atoms with E-state index in [1.54, 1.807) is 18.3 Å². The van der Waals surface area contributed by atoms with Gasteiger partial charge in [-0.05, 0) is 11.4 Å². The van der Waals surface area contributed by atoms with Crippen LogP contribution in [0.5, 0.6) is 0 Å². The molecule has 2 aromatic rings. The molecule has 21 heavy (non-hydrogen) atoms. The van der Waals surface area contributed by atoms with Crippen molar-refractivity contribution in [2.45, 2.75) is 24.2 Å². The zero-order chi connectivity index (χ0) is 15.1. The highest BCUT2D eigenvalue weighted by Crippen LogP contribution is 2.25. The number of hydrogen-bond donors (Lipinski definition) is 2. The lowest BCUT2D eigenvalue weighted by atomic mass is 10.4. The first-order valence-corrected chi connectivity index (χ1v) is 8.90. The molecular weight excluding hydrogens is 328 g/mol. The fraction of sp³-hybridized carbons (Fsp3) is 0.333. The molecule has 2 amide bonds. The van der Waals surface area contributed by atoms with E-state index >= 15 is 0 Å². The first kappa shape index (κ1) is 15.9. The minimum Gasteiger partial charge on any atom is -0.350 e. The second-order valence-corrected chi connectivity index (χ2v) is 7.15. The number of thiophene rings is 1. The third kappa shape index (κ3) is 5.44. The van der Waals surface area contributed by atoms with Gasteiger partial charge >= 0.3 is 0 Å². The Bertz CT molecular complexity index is 597. The molecule has 0 spiro atoms. The van der Waals surface area contributed by atoms with Gasteiger partial charge in [0, 0.05) is 11.3 Å². The van der Waals surface area contributed by atoms with E-state index < -0.39 is 0 Å². The Morgan fingerprint density at radius 2 is 2.19 bits per heavy atom. The summed E-state index contributed by atoms with van der Waals surface area (Å²) >= 11 is 4.18. The van der Waals surface area contributed by atoms with Gasteiger partial charge in [-0.2, -0.15) is 0 Å². The molecule has 112 valence electrons. The Balaban J connectivity index is 1.72. The minimum atomic E-state index is -0.101. The Labute approximate surface area is 134 Å². The average molecular weight is 342 g/mol. The van der Waals surface area contributed by atoms with Crippen LogP contribution in [0.4, 0.5) is 5.13 Å². The monoisotopic (exact) mass is 342 g/mol. The van der Waals surface area contributed by atoms with Gasteiger partial charge in [0.05, 0.1) is 12.3 Å². The lowest BCUT2D eigenvalue weighted by Crippen LogP contribution is -2.24. The first-order chi connectivity index (χ1) is 10.2. The highest BCUT2D eigenvalue weighted by molar-refractivity contribution is 8.01. The lowest BCUT2D eigenvalue weighted by molar-refractivity contribution is -0.118. The topological polar surface area (TPSA) is 84.0 Å². The second kappa shape index (κ2) is 8.11. The van der Waals surface area contributed by atoms with E-state index in [9.17, 15) is 9.59 Å². The first-order valence-electron chi connectivity index (χ1n) is 6.22. The molecule has 0 aliphatic rings. The van der Waals surface area contributed by atoms with Crippen molar-refractivity contribution in [1.29, 1.82) is 0 Å². The van der Waals surface area contributed by atoms with Gasteiger partial charge in [-0.3, -0.25) is 9.59 Å². The number of amides is 2. The second-order valence-electron chi connectivity index (χ2n) is 3.92. The number of carbonyl (C=O) groups excluding carboxylic acids is 2. The van der Waals surface area contributed by atoms with Gasteiger partial charge in [0.1, 0.15) is 0 Å². The fourth-order valence-electron chi connectivity index (χ4n) is 1.30. The van der Waals surface area contributed by atoms with Gasteiger partial charge in [-0.25, -0.2) is 0 Å². The molecule has 6 nitrogen and oxygen atoms in total. The molecule has 2 rings (SSSR count). The summed E-state index contributed by atoms with van der Waals surface area (Å²) in [6.07, 6.45) is 0.396. The molecule has 0 fully saturated rings. The SMILES string of the molecule is CCC(=O)Nc1nnc(SCC(=O)NCc2cccs2)s1. The van der Waals surface area contributed by atoms with Crippen LogP contribution in [-0.2, 0) is 16.1 Å². The summed E-state index contributed by atoms with van der Waals surface area (Å²) in [5, 5.41) is 15.7. The molecule has 2 N–H and O–H groups in total. The third-order valence-electron chi connectivity index (χ3n) is 2.34. The molecule has 0 radical (unpaired) electrons. The van der Waals surface area contributed by atoms with E-state index in [2.05, 4.69) is 20.8 Å². The van der Waals surface area contributed by atoms with Gasteiger partial charge in [-0.15, -0.1) is 21.5 Å². The summed E-state index contributed by atoms with van der Waals surface area (Å²) in [5.41, 5.74) is 0. The van der Waals surface area contributed by atoms with Crippen molar-refractivity contribution in [3.8, 4) is 0 Å². The maximum absolute atomic E-state index is 11.7. The van der Waals surface area contributed by atoms with Crippen LogP contribution in [0.3, 0.4) is 0 Å². The van der Waals surface area contributed by atoms with Crippen molar-refractivity contribution in [3.05, 3.63) is 22.4 Å². The van der Waals surface area contributed by atoms with Crippen LogP contribution < -0.4 is 10.6 Å². The van der Waals surface area contributed by atoms with Crippen molar-refractivity contribution < 1.29 is 9.59 Å². The Kier molecular flexibility index (Phi) is 6.15. The van der Waals surface area contributed by atoms with E-state index in [4.69, 9.17) is 0 Å². The van der Waals surface area contributed by atoms with Crippen LogP contribution in [-0.4, -0.2) is 27.8 Å². The molecule has 0 saturated carbocycles. The summed E-state index contributed by atoms with van der Waals surface area (Å²) in [4.78, 5) is 24.0. The standard InChI is InChI=1S/C12H14N4O2S3/c1-2-9(17)14-11-15-16-12(21-11)20-7-10(18)13-6-8-4-3-5-19-8/h3-5H,2,6-7H2,1H3,(H,13,18)(H,14,15,17). The summed E-state index contributed by atoms with van der Waals surface area (Å²) in [7, 11) is 0. The van der Waals surface area contributed by atoms with E-state index in [1.165, 1.54) is 23.1 Å². The van der Waals surface area contributed by atoms with Gasteiger partial charge in [0.25, 0.3) is 0 Å². The maximum atomic E-state index is 11.7. The molecule has 0 aliphatic heterocycles. The number of carbonyl (C=O) groups is 2. The fourth-order valence-corrected chi connectivity index (χ4v) is 3.55. The largest absolute Gasteiger partial charge is 0.350 e. The molecule has 0 aliphatic carbocycles. The molecular formula is C12H14N4O2S3. The predicted octanol–water partition coefficient (Wildman–Crippen LogP) is 2.36. The van der Waals surface area contributed by atoms with Crippen LogP contribution in [0.25, 0.3) is 0 Å². The molecule has 0 bridgehead atoms. The van der Waals surface area contributed by atoms with E-state index in [0.717, 1.165) is 4.88 Å². The molecule has 0 atom stereocenters. The quantitative estimate of drug-likeness (QED) is 0.596. The van der Waals surface area contributed by atoms with Crippen LogP contribution in [0.2, 0.25) is 0 Å². The van der Waals surface area contributed by atoms with Crippen molar-refractivity contribution >= 4 is 51.4 Å². The summed E-state index contributed by atoms with van der Waals surface area (Å²) in [5.74, 6) is 0.126. The van der Waals surface area contributed by atoms with Crippen LogP contribution >= 0.6 is 34.4 Å². The van der Waals surface area contributed by atoms with Gasteiger partial charge < -0.3 is 10.6 Å². The summed E-state index contributed by atoms with van der Waals surface area (Å²) in [6.45, 7) is 2.31. The Morgan fingerprint density at radius 1 is 1.33 bits per heavy atom. The van der Waals surface area contributed by atoms with Crippen molar-refractivity contribution in [3.63, 3.8) is 0 Å². The van der Waals surface area contributed by atoms with Gasteiger partial charge in [0.15, 0.2) is 4.34 Å². The molecule has 9 heteroatoms. The number of thioether (sulfide) groups is 1. The van der Waals surface area contributed by atoms with Crippen molar-refractivity contribution in [2.24, 2.45) is 0 Å². The van der Waals surface area contributed by atoms with Crippen LogP contribution in [0, 0.1) is 0 Å². The van der Waals surface area contributed by atoms with Gasteiger partial charge in [0.2, 0.25) is 16.9 Å². The normalized spacial score (nSPS) is 10.3. The number of nitrogens with one attached hydrogen (secondary N) is 2. The van der Waals surface area contributed by atoms with E-state index in [-0.39, 0.29) is 17.6 Å². The molecule has 0 saturated heterocycles. The third-order valence-corrected chi connectivity index (χ3v) is 5.19. The van der Waals surface area contributed by atoms with Gasteiger partial charge in [-0.1, -0.05) is 36.1 Å². The van der Waals surface area contributed by atoms with Crippen molar-refractivity contribution in [1.82, 2.24) is 15.5 Å². The zero-order valence-electron chi connectivity index (χ0n) is 11.3. The van der Waals surface area contributed by atoms with Crippen molar-refractivity contribution in [2.75, 3.05) is 11.1 Å².